The number of nitrogens with one attached hydrogen (secondary N) is 2. The van der Waals surface area contributed by atoms with Gasteiger partial charge in [0.15, 0.2) is 0 Å². The van der Waals surface area contributed by atoms with E-state index in [0.29, 0.717) is 6.04 Å². The van der Waals surface area contributed by atoms with E-state index >= 15 is 0 Å². The third-order valence-corrected chi connectivity index (χ3v) is 3.74. The van der Waals surface area contributed by atoms with Crippen molar-refractivity contribution in [1.82, 2.24) is 0 Å². The summed E-state index contributed by atoms with van der Waals surface area (Å²) in [5, 5.41) is 6.18. The third-order valence-electron chi connectivity index (χ3n) is 3.74. The highest BCUT2D eigenvalue weighted by Gasteiger charge is 2.20. The molecule has 0 bridgehead atoms. The highest BCUT2D eigenvalue weighted by molar-refractivity contribution is 5.84. The molecule has 1 amide bonds. The fourth-order valence-electron chi connectivity index (χ4n) is 2.72. The van der Waals surface area contributed by atoms with Gasteiger partial charge in [0.25, 0.3) is 0 Å². The Bertz CT molecular complexity index is 612. The van der Waals surface area contributed by atoms with Gasteiger partial charge in [0.1, 0.15) is 0 Å². The fourth-order valence-corrected chi connectivity index (χ4v) is 2.72. The van der Waals surface area contributed by atoms with Gasteiger partial charge < -0.3 is 10.1 Å². The second-order valence-corrected chi connectivity index (χ2v) is 5.21. The van der Waals surface area contributed by atoms with E-state index in [9.17, 15) is 4.79 Å². The average Bonchev–Trinajstić information content (AvgIpc) is 2.91. The van der Waals surface area contributed by atoms with Crippen LogP contribution in [0, 0.1) is 0 Å². The molecule has 0 radical (unpaired) electrons. The smallest absolute Gasteiger partial charge is 0.411 e. The fraction of sp³-hybridized carbons (Fsp3) is 0.235. The molecule has 2 N–H and O–H groups in total. The van der Waals surface area contributed by atoms with Gasteiger partial charge in [-0.2, -0.15) is 0 Å². The van der Waals surface area contributed by atoms with Crippen LogP contribution < -0.4 is 10.6 Å². The first-order valence-corrected chi connectivity index (χ1v) is 7.03. The minimum Gasteiger partial charge on any atom is -0.453 e. The highest BCUT2D eigenvalue weighted by atomic mass is 16.5. The van der Waals surface area contributed by atoms with Crippen LogP contribution in [0.4, 0.5) is 16.2 Å². The van der Waals surface area contributed by atoms with Crippen molar-refractivity contribution in [2.45, 2.75) is 18.9 Å². The van der Waals surface area contributed by atoms with Crippen molar-refractivity contribution >= 4 is 17.5 Å². The van der Waals surface area contributed by atoms with Crippen LogP contribution in [0.15, 0.2) is 48.5 Å². The Balaban J connectivity index is 1.61. The first-order valence-electron chi connectivity index (χ1n) is 7.03. The molecular formula is C17H18N2O2. The quantitative estimate of drug-likeness (QED) is 0.906. The molecule has 2 aromatic rings. The van der Waals surface area contributed by atoms with Crippen molar-refractivity contribution < 1.29 is 9.53 Å². The molecule has 4 heteroatoms. The maximum absolute atomic E-state index is 11.1. The second kappa shape index (κ2) is 5.87. The molecular weight excluding hydrogens is 264 g/mol. The molecule has 1 aliphatic carbocycles. The summed E-state index contributed by atoms with van der Waals surface area (Å²) in [6, 6.07) is 16.7. The summed E-state index contributed by atoms with van der Waals surface area (Å²) < 4.78 is 4.56. The van der Waals surface area contributed by atoms with E-state index < -0.39 is 6.09 Å². The van der Waals surface area contributed by atoms with Gasteiger partial charge in [0.05, 0.1) is 7.11 Å². The van der Waals surface area contributed by atoms with Gasteiger partial charge >= 0.3 is 6.09 Å². The summed E-state index contributed by atoms with van der Waals surface area (Å²) in [5.74, 6) is 0. The molecule has 0 heterocycles. The van der Waals surface area contributed by atoms with E-state index in [2.05, 4.69) is 39.6 Å². The van der Waals surface area contributed by atoms with E-state index in [0.717, 1.165) is 24.2 Å². The average molecular weight is 282 g/mol. The summed E-state index contributed by atoms with van der Waals surface area (Å²) in [6.45, 7) is 0. The molecule has 3 rings (SSSR count). The summed E-state index contributed by atoms with van der Waals surface area (Å²) in [6.07, 6.45) is 1.65. The molecule has 0 fully saturated rings. The monoisotopic (exact) mass is 282 g/mol. The predicted octanol–water partition coefficient (Wildman–Crippen LogP) is 3.44. The van der Waals surface area contributed by atoms with Gasteiger partial charge in [-0.1, -0.05) is 24.3 Å². The van der Waals surface area contributed by atoms with Gasteiger partial charge in [-0.25, -0.2) is 4.79 Å². The zero-order valence-corrected chi connectivity index (χ0v) is 11.9. The van der Waals surface area contributed by atoms with Crippen LogP contribution in [0.25, 0.3) is 0 Å². The van der Waals surface area contributed by atoms with E-state index in [4.69, 9.17) is 0 Å². The van der Waals surface area contributed by atoms with E-state index in [1.807, 2.05) is 24.3 Å². The summed E-state index contributed by atoms with van der Waals surface area (Å²) in [5.41, 5.74) is 4.64. The van der Waals surface area contributed by atoms with Crippen molar-refractivity contribution in [1.29, 1.82) is 0 Å². The van der Waals surface area contributed by atoms with Gasteiger partial charge in [-0.15, -0.1) is 0 Å². The Labute approximate surface area is 124 Å². The molecule has 0 saturated carbocycles. The summed E-state index contributed by atoms with van der Waals surface area (Å²) in [4.78, 5) is 11.1. The Morgan fingerprint density at radius 3 is 2.14 bits per heavy atom. The van der Waals surface area contributed by atoms with Crippen LogP contribution in [-0.2, 0) is 17.6 Å². The molecule has 1 aliphatic rings. The normalized spacial score (nSPS) is 13.6. The minimum atomic E-state index is -0.457. The number of rotatable bonds is 3. The molecule has 0 atom stereocenters. The number of methoxy groups -OCH3 is 1. The predicted molar refractivity (Wildman–Crippen MR) is 83.7 cm³/mol. The lowest BCUT2D eigenvalue weighted by Gasteiger charge is -2.14. The van der Waals surface area contributed by atoms with Gasteiger partial charge in [-0.05, 0) is 48.2 Å². The second-order valence-electron chi connectivity index (χ2n) is 5.21. The number of benzene rings is 2. The van der Waals surface area contributed by atoms with Gasteiger partial charge in [-0.3, -0.25) is 5.32 Å². The van der Waals surface area contributed by atoms with Crippen molar-refractivity contribution in [2.24, 2.45) is 0 Å². The molecule has 0 saturated heterocycles. The van der Waals surface area contributed by atoms with Gasteiger partial charge in [0, 0.05) is 17.4 Å². The van der Waals surface area contributed by atoms with Crippen LogP contribution in [-0.4, -0.2) is 19.2 Å². The Hall–Kier alpha value is -2.49. The SMILES string of the molecule is COC(=O)Nc1ccc(NC2Cc3ccccc3C2)cc1. The van der Waals surface area contributed by atoms with E-state index in [-0.39, 0.29) is 0 Å². The molecule has 108 valence electrons. The third kappa shape index (κ3) is 3.16. The van der Waals surface area contributed by atoms with Gasteiger partial charge in [0.2, 0.25) is 0 Å². The Morgan fingerprint density at radius 1 is 1.00 bits per heavy atom. The van der Waals surface area contributed by atoms with Crippen molar-refractivity contribution in [2.75, 3.05) is 17.7 Å². The van der Waals surface area contributed by atoms with Crippen molar-refractivity contribution in [3.05, 3.63) is 59.7 Å². The summed E-state index contributed by atoms with van der Waals surface area (Å²) >= 11 is 0. The number of anilines is 2. The number of hydrogen-bond acceptors (Lipinski definition) is 3. The minimum absolute atomic E-state index is 0.432. The largest absolute Gasteiger partial charge is 0.453 e. The molecule has 4 nitrogen and oxygen atoms in total. The maximum Gasteiger partial charge on any atom is 0.411 e. The Kier molecular flexibility index (Phi) is 3.77. The highest BCUT2D eigenvalue weighted by Crippen LogP contribution is 2.25. The lowest BCUT2D eigenvalue weighted by atomic mass is 10.1. The van der Waals surface area contributed by atoms with Crippen LogP contribution in [0.5, 0.6) is 0 Å². The Morgan fingerprint density at radius 2 is 1.57 bits per heavy atom. The number of ether oxygens (including phenoxy) is 1. The lowest BCUT2D eigenvalue weighted by Crippen LogP contribution is -2.19. The van der Waals surface area contributed by atoms with Crippen molar-refractivity contribution in [3.8, 4) is 0 Å². The number of amides is 1. The molecule has 0 spiro atoms. The molecule has 0 aliphatic heterocycles. The number of hydrogen-bond donors (Lipinski definition) is 2. The van der Waals surface area contributed by atoms with E-state index in [1.54, 1.807) is 0 Å². The number of carbonyl (C=O) groups is 1. The van der Waals surface area contributed by atoms with Crippen LogP contribution in [0.1, 0.15) is 11.1 Å². The maximum atomic E-state index is 11.1. The molecule has 0 unspecified atom stereocenters. The van der Waals surface area contributed by atoms with E-state index in [1.165, 1.54) is 18.2 Å². The molecule has 2 aromatic carbocycles. The standard InChI is InChI=1S/C17H18N2O2/c1-21-17(20)19-15-8-6-14(7-9-15)18-16-10-12-4-2-3-5-13(12)11-16/h2-9,16,18H,10-11H2,1H3,(H,19,20). The van der Waals surface area contributed by atoms with Crippen LogP contribution in [0.3, 0.4) is 0 Å². The number of fused-ring (bicyclic) bond motifs is 1. The number of carbonyl (C=O) groups excluding carboxylic acids is 1. The zero-order chi connectivity index (χ0) is 14.7. The summed E-state index contributed by atoms with van der Waals surface area (Å²) in [7, 11) is 1.35. The van der Waals surface area contributed by atoms with Crippen LogP contribution in [0.2, 0.25) is 0 Å². The topological polar surface area (TPSA) is 50.4 Å². The van der Waals surface area contributed by atoms with Crippen LogP contribution >= 0.6 is 0 Å². The molecule has 21 heavy (non-hydrogen) atoms. The first-order chi connectivity index (χ1) is 10.2. The van der Waals surface area contributed by atoms with Crippen molar-refractivity contribution in [3.63, 3.8) is 0 Å². The lowest BCUT2D eigenvalue weighted by molar-refractivity contribution is 0.187. The zero-order valence-electron chi connectivity index (χ0n) is 11.9. The molecule has 0 aromatic heterocycles. The first kappa shape index (κ1) is 13.5.